The van der Waals surface area contributed by atoms with Gasteiger partial charge in [0.2, 0.25) is 0 Å². The van der Waals surface area contributed by atoms with Crippen LogP contribution < -0.4 is 0 Å². The molecule has 0 aliphatic carbocycles. The fraction of sp³-hybridized carbons (Fsp3) is 0.200. The third kappa shape index (κ3) is 1.73. The molecule has 0 amide bonds. The Morgan fingerprint density at radius 1 is 1.57 bits per heavy atom. The monoisotopic (exact) mass is 191 g/mol. The van der Waals surface area contributed by atoms with E-state index in [1.807, 2.05) is 6.07 Å². The zero-order valence-corrected chi connectivity index (χ0v) is 7.56. The molecular formula is C10H9NO3. The molecule has 72 valence electrons. The maximum Gasteiger partial charge on any atom is 0.337 e. The number of carboxylic acids is 1. The molecule has 0 aromatic heterocycles. The van der Waals surface area contributed by atoms with Gasteiger partial charge in [-0.05, 0) is 12.5 Å². The molecule has 0 aliphatic rings. The van der Waals surface area contributed by atoms with Crippen molar-refractivity contribution in [1.82, 2.24) is 0 Å². The maximum absolute atomic E-state index is 10.5. The highest BCUT2D eigenvalue weighted by Gasteiger charge is 2.19. The normalized spacial score (nSPS) is 11.8. The number of aryl methyl sites for hydroxylation is 1. The molecule has 0 saturated heterocycles. The van der Waals surface area contributed by atoms with Gasteiger partial charge in [-0.3, -0.25) is 0 Å². The van der Waals surface area contributed by atoms with Crippen LogP contribution in [-0.2, 0) is 4.79 Å². The number of aliphatic carboxylic acids is 1. The number of hydrogen-bond donors (Lipinski definition) is 2. The minimum absolute atomic E-state index is 0.139. The van der Waals surface area contributed by atoms with E-state index in [0.29, 0.717) is 5.56 Å². The third-order valence-electron chi connectivity index (χ3n) is 1.95. The summed E-state index contributed by atoms with van der Waals surface area (Å²) in [6.07, 6.45) is -1.63. The number of aliphatic hydroxyl groups excluding tert-OH is 1. The van der Waals surface area contributed by atoms with Crippen LogP contribution in [-0.4, -0.2) is 16.2 Å². The molecule has 0 spiro atoms. The largest absolute Gasteiger partial charge is 0.479 e. The van der Waals surface area contributed by atoms with Crippen molar-refractivity contribution in [3.8, 4) is 6.07 Å². The predicted octanol–water partition coefficient (Wildman–Crippen LogP) is 0.985. The Hall–Kier alpha value is -1.86. The fourth-order valence-corrected chi connectivity index (χ4v) is 1.20. The summed E-state index contributed by atoms with van der Waals surface area (Å²) >= 11 is 0. The van der Waals surface area contributed by atoms with Gasteiger partial charge in [-0.15, -0.1) is 0 Å². The Morgan fingerprint density at radius 3 is 2.71 bits per heavy atom. The molecule has 1 aromatic rings. The lowest BCUT2D eigenvalue weighted by molar-refractivity contribution is -0.146. The van der Waals surface area contributed by atoms with Gasteiger partial charge in [0.05, 0.1) is 11.6 Å². The summed E-state index contributed by atoms with van der Waals surface area (Å²) in [5.41, 5.74) is 1.02. The van der Waals surface area contributed by atoms with Crippen LogP contribution in [0.15, 0.2) is 18.2 Å². The fourth-order valence-electron chi connectivity index (χ4n) is 1.20. The SMILES string of the molecule is Cc1cccc(C(O)C(=O)O)c1C#N. The molecule has 4 heteroatoms. The molecule has 1 unspecified atom stereocenters. The number of hydrogen-bond acceptors (Lipinski definition) is 3. The van der Waals surface area contributed by atoms with Crippen LogP contribution in [0.3, 0.4) is 0 Å². The molecule has 1 rings (SSSR count). The van der Waals surface area contributed by atoms with Crippen LogP contribution in [0, 0.1) is 18.3 Å². The van der Waals surface area contributed by atoms with Gasteiger partial charge >= 0.3 is 5.97 Å². The molecule has 1 atom stereocenters. The summed E-state index contributed by atoms with van der Waals surface area (Å²) in [6.45, 7) is 1.69. The van der Waals surface area contributed by atoms with Crippen molar-refractivity contribution < 1.29 is 15.0 Å². The minimum atomic E-state index is -1.63. The summed E-state index contributed by atoms with van der Waals surface area (Å²) in [5, 5.41) is 26.6. The van der Waals surface area contributed by atoms with Gasteiger partial charge in [-0.25, -0.2) is 4.79 Å². The van der Waals surface area contributed by atoms with Crippen molar-refractivity contribution in [3.05, 3.63) is 34.9 Å². The molecular weight excluding hydrogens is 182 g/mol. The summed E-state index contributed by atoms with van der Waals surface area (Å²) in [5.74, 6) is -1.35. The minimum Gasteiger partial charge on any atom is -0.479 e. The highest BCUT2D eigenvalue weighted by molar-refractivity contribution is 5.75. The molecule has 1 aromatic carbocycles. The second-order valence-corrected chi connectivity index (χ2v) is 2.89. The zero-order chi connectivity index (χ0) is 10.7. The Balaban J connectivity index is 3.29. The van der Waals surface area contributed by atoms with E-state index >= 15 is 0 Å². The van der Waals surface area contributed by atoms with Crippen molar-refractivity contribution in [2.75, 3.05) is 0 Å². The van der Waals surface area contributed by atoms with Crippen molar-refractivity contribution in [1.29, 1.82) is 5.26 Å². The lowest BCUT2D eigenvalue weighted by Gasteiger charge is -2.09. The Labute approximate surface area is 81.0 Å². The van der Waals surface area contributed by atoms with E-state index in [1.165, 1.54) is 6.07 Å². The standard InChI is InChI=1S/C10H9NO3/c1-6-3-2-4-7(8(6)5-11)9(12)10(13)14/h2-4,9,12H,1H3,(H,13,14). The van der Waals surface area contributed by atoms with E-state index in [2.05, 4.69) is 0 Å². The average molecular weight is 191 g/mol. The third-order valence-corrected chi connectivity index (χ3v) is 1.95. The summed E-state index contributed by atoms with van der Waals surface area (Å²) in [6, 6.07) is 6.61. The molecule has 14 heavy (non-hydrogen) atoms. The number of carboxylic acid groups (broad SMARTS) is 1. The van der Waals surface area contributed by atoms with E-state index in [0.717, 1.165) is 0 Å². The van der Waals surface area contributed by atoms with Crippen molar-refractivity contribution >= 4 is 5.97 Å². The first-order valence-electron chi connectivity index (χ1n) is 3.98. The Bertz CT molecular complexity index is 406. The van der Waals surface area contributed by atoms with Gasteiger partial charge in [0.25, 0.3) is 0 Å². The van der Waals surface area contributed by atoms with Crippen LogP contribution in [0.4, 0.5) is 0 Å². The molecule has 0 radical (unpaired) electrons. The lowest BCUT2D eigenvalue weighted by atomic mass is 9.99. The van der Waals surface area contributed by atoms with Crippen molar-refractivity contribution in [2.45, 2.75) is 13.0 Å². The highest BCUT2D eigenvalue weighted by atomic mass is 16.4. The number of benzene rings is 1. The van der Waals surface area contributed by atoms with Crippen LogP contribution in [0.2, 0.25) is 0 Å². The lowest BCUT2D eigenvalue weighted by Crippen LogP contribution is -2.12. The quantitative estimate of drug-likeness (QED) is 0.730. The number of nitriles is 1. The molecule has 0 fully saturated rings. The first-order valence-corrected chi connectivity index (χ1v) is 3.98. The van der Waals surface area contributed by atoms with Gasteiger partial charge in [0.15, 0.2) is 6.10 Å². The van der Waals surface area contributed by atoms with Gasteiger partial charge in [-0.1, -0.05) is 18.2 Å². The second kappa shape index (κ2) is 3.90. The van der Waals surface area contributed by atoms with Gasteiger partial charge in [0.1, 0.15) is 0 Å². The van der Waals surface area contributed by atoms with Crippen molar-refractivity contribution in [2.24, 2.45) is 0 Å². The van der Waals surface area contributed by atoms with E-state index in [-0.39, 0.29) is 11.1 Å². The predicted molar refractivity (Wildman–Crippen MR) is 48.5 cm³/mol. The van der Waals surface area contributed by atoms with E-state index in [1.54, 1.807) is 19.1 Å². The average Bonchev–Trinajstić information content (AvgIpc) is 2.16. The summed E-state index contributed by atoms with van der Waals surface area (Å²) in [7, 11) is 0. The van der Waals surface area contributed by atoms with Crippen LogP contribution >= 0.6 is 0 Å². The topological polar surface area (TPSA) is 81.3 Å². The van der Waals surface area contributed by atoms with Crippen LogP contribution in [0.1, 0.15) is 22.8 Å². The molecule has 4 nitrogen and oxygen atoms in total. The van der Waals surface area contributed by atoms with E-state index in [9.17, 15) is 9.90 Å². The maximum atomic E-state index is 10.5. The number of nitrogens with zero attached hydrogens (tertiary/aromatic N) is 1. The zero-order valence-electron chi connectivity index (χ0n) is 7.56. The number of carbonyl (C=O) groups is 1. The smallest absolute Gasteiger partial charge is 0.337 e. The first kappa shape index (κ1) is 10.2. The Morgan fingerprint density at radius 2 is 2.21 bits per heavy atom. The molecule has 0 bridgehead atoms. The van der Waals surface area contributed by atoms with Crippen molar-refractivity contribution in [3.63, 3.8) is 0 Å². The Kier molecular flexibility index (Phi) is 2.85. The molecule has 2 N–H and O–H groups in total. The van der Waals surface area contributed by atoms with E-state index < -0.39 is 12.1 Å². The molecule has 0 saturated carbocycles. The van der Waals surface area contributed by atoms with E-state index in [4.69, 9.17) is 10.4 Å². The number of rotatable bonds is 2. The highest BCUT2D eigenvalue weighted by Crippen LogP contribution is 2.20. The molecule has 0 heterocycles. The summed E-state index contributed by atoms with van der Waals surface area (Å²) in [4.78, 5) is 10.5. The summed E-state index contributed by atoms with van der Waals surface area (Å²) < 4.78 is 0. The molecule has 0 aliphatic heterocycles. The number of aliphatic hydroxyl groups is 1. The van der Waals surface area contributed by atoms with Gasteiger partial charge in [0, 0.05) is 5.56 Å². The van der Waals surface area contributed by atoms with Crippen LogP contribution in [0.5, 0.6) is 0 Å². The first-order chi connectivity index (χ1) is 6.57. The van der Waals surface area contributed by atoms with Gasteiger partial charge in [-0.2, -0.15) is 5.26 Å². The van der Waals surface area contributed by atoms with Crippen LogP contribution in [0.25, 0.3) is 0 Å². The second-order valence-electron chi connectivity index (χ2n) is 2.89. The van der Waals surface area contributed by atoms with Gasteiger partial charge < -0.3 is 10.2 Å².